The van der Waals surface area contributed by atoms with Crippen molar-refractivity contribution < 1.29 is 0 Å². The van der Waals surface area contributed by atoms with E-state index in [0.29, 0.717) is 17.6 Å². The number of fused-ring (bicyclic) bond motifs is 1. The molecule has 0 bridgehead atoms. The van der Waals surface area contributed by atoms with Crippen molar-refractivity contribution >= 4 is 39.1 Å². The van der Waals surface area contributed by atoms with Crippen LogP contribution < -0.4 is 5.32 Å². The van der Waals surface area contributed by atoms with Crippen LogP contribution in [0.25, 0.3) is 20.7 Å². The maximum Gasteiger partial charge on any atom is 0.225 e. The van der Waals surface area contributed by atoms with Gasteiger partial charge in [0.15, 0.2) is 0 Å². The molecule has 1 aromatic carbocycles. The Hall–Kier alpha value is -1.91. The van der Waals surface area contributed by atoms with Crippen LogP contribution in [0.15, 0.2) is 49.1 Å². The normalized spacial score (nSPS) is 10.7. The Balaban J connectivity index is 2.06. The smallest absolute Gasteiger partial charge is 0.225 e. The predicted molar refractivity (Wildman–Crippen MR) is 86.5 cm³/mol. The molecule has 0 aliphatic carbocycles. The van der Waals surface area contributed by atoms with Gasteiger partial charge in [0.1, 0.15) is 9.98 Å². The van der Waals surface area contributed by atoms with Gasteiger partial charge in [-0.3, -0.25) is 0 Å². The molecule has 0 spiro atoms. The molecule has 100 valence electrons. The van der Waals surface area contributed by atoms with Gasteiger partial charge in [-0.25, -0.2) is 9.97 Å². The minimum atomic E-state index is 0.472. The fourth-order valence-electron chi connectivity index (χ4n) is 1.87. The molecule has 3 aromatic rings. The summed E-state index contributed by atoms with van der Waals surface area (Å²) in [6, 6.07) is 12.2. The van der Waals surface area contributed by atoms with E-state index in [4.69, 9.17) is 11.6 Å². The van der Waals surface area contributed by atoms with Crippen molar-refractivity contribution in [2.24, 2.45) is 0 Å². The van der Waals surface area contributed by atoms with E-state index in [1.165, 1.54) is 0 Å². The van der Waals surface area contributed by atoms with Gasteiger partial charge < -0.3 is 5.32 Å². The first-order chi connectivity index (χ1) is 9.78. The molecule has 0 aliphatic heterocycles. The first kappa shape index (κ1) is 13.1. The topological polar surface area (TPSA) is 37.8 Å². The lowest BCUT2D eigenvalue weighted by molar-refractivity contribution is 1.16. The first-order valence-electron chi connectivity index (χ1n) is 6.15. The summed E-state index contributed by atoms with van der Waals surface area (Å²) >= 11 is 7.84. The molecule has 3 nitrogen and oxygen atoms in total. The second kappa shape index (κ2) is 5.61. The zero-order valence-electron chi connectivity index (χ0n) is 10.6. The lowest BCUT2D eigenvalue weighted by Gasteiger charge is -2.01. The fraction of sp³-hybridized carbons (Fsp3) is 0.0667. The molecule has 0 saturated carbocycles. The first-order valence-corrected chi connectivity index (χ1v) is 7.34. The minimum absolute atomic E-state index is 0.472. The third-order valence-corrected chi connectivity index (χ3v) is 4.18. The van der Waals surface area contributed by atoms with Gasteiger partial charge in [-0.15, -0.1) is 17.9 Å². The van der Waals surface area contributed by atoms with E-state index >= 15 is 0 Å². The molecule has 2 heterocycles. The standard InChI is InChI=1S/C15H12ClN3S/c1-2-8-17-15-18-13(16)11-9-12(20-14(11)19-15)10-6-4-3-5-7-10/h2-7,9H,1,8H2,(H,17,18,19). The molecule has 20 heavy (non-hydrogen) atoms. The number of rotatable bonds is 4. The molecule has 2 aromatic heterocycles. The van der Waals surface area contributed by atoms with Crippen molar-refractivity contribution in [3.05, 3.63) is 54.2 Å². The molecule has 0 aliphatic rings. The molecule has 0 atom stereocenters. The molecule has 3 rings (SSSR count). The Bertz CT molecular complexity index is 752. The molecule has 5 heteroatoms. The van der Waals surface area contributed by atoms with Crippen LogP contribution in [0, 0.1) is 0 Å². The number of thiophene rings is 1. The van der Waals surface area contributed by atoms with Crippen LogP contribution in [0.4, 0.5) is 5.95 Å². The lowest BCUT2D eigenvalue weighted by Crippen LogP contribution is -2.02. The third-order valence-electron chi connectivity index (χ3n) is 2.81. The zero-order valence-corrected chi connectivity index (χ0v) is 12.2. The highest BCUT2D eigenvalue weighted by Gasteiger charge is 2.11. The highest BCUT2D eigenvalue weighted by atomic mass is 35.5. The van der Waals surface area contributed by atoms with E-state index in [-0.39, 0.29) is 0 Å². The van der Waals surface area contributed by atoms with E-state index in [1.807, 2.05) is 24.3 Å². The van der Waals surface area contributed by atoms with E-state index in [9.17, 15) is 0 Å². The second-order valence-electron chi connectivity index (χ2n) is 4.20. The summed E-state index contributed by atoms with van der Waals surface area (Å²) in [6.45, 7) is 4.27. The van der Waals surface area contributed by atoms with Gasteiger partial charge in [0.2, 0.25) is 5.95 Å². The Labute approximate surface area is 126 Å². The molecular formula is C15H12ClN3S. The SMILES string of the molecule is C=CCNc1nc(Cl)c2cc(-c3ccccc3)sc2n1. The highest BCUT2D eigenvalue weighted by molar-refractivity contribution is 7.22. The summed E-state index contributed by atoms with van der Waals surface area (Å²) in [5.41, 5.74) is 1.16. The van der Waals surface area contributed by atoms with Crippen molar-refractivity contribution in [2.45, 2.75) is 0 Å². The van der Waals surface area contributed by atoms with Gasteiger partial charge in [-0.05, 0) is 11.6 Å². The van der Waals surface area contributed by atoms with Crippen LogP contribution in [0.5, 0.6) is 0 Å². The Kier molecular flexibility index (Phi) is 3.67. The van der Waals surface area contributed by atoms with Gasteiger partial charge in [-0.1, -0.05) is 48.0 Å². The lowest BCUT2D eigenvalue weighted by atomic mass is 10.2. The average molecular weight is 302 g/mol. The van der Waals surface area contributed by atoms with Crippen molar-refractivity contribution in [2.75, 3.05) is 11.9 Å². The molecular weight excluding hydrogens is 290 g/mol. The zero-order chi connectivity index (χ0) is 13.9. The average Bonchev–Trinajstić information content (AvgIpc) is 2.91. The quantitative estimate of drug-likeness (QED) is 0.565. The number of nitrogens with one attached hydrogen (secondary N) is 1. The van der Waals surface area contributed by atoms with Crippen LogP contribution in [0.1, 0.15) is 0 Å². The van der Waals surface area contributed by atoms with Gasteiger partial charge in [0.05, 0.1) is 0 Å². The molecule has 0 radical (unpaired) electrons. The number of benzene rings is 1. The second-order valence-corrected chi connectivity index (χ2v) is 5.59. The Morgan fingerprint density at radius 3 is 2.80 bits per heavy atom. The van der Waals surface area contributed by atoms with E-state index in [0.717, 1.165) is 20.7 Å². The Morgan fingerprint density at radius 2 is 2.05 bits per heavy atom. The van der Waals surface area contributed by atoms with Gasteiger partial charge in [-0.2, -0.15) is 0 Å². The predicted octanol–water partition coefficient (Wildman–Crippen LogP) is 4.61. The number of aromatic nitrogens is 2. The number of hydrogen-bond donors (Lipinski definition) is 1. The monoisotopic (exact) mass is 301 g/mol. The molecule has 0 saturated heterocycles. The van der Waals surface area contributed by atoms with Crippen LogP contribution in [0.2, 0.25) is 5.15 Å². The number of hydrogen-bond acceptors (Lipinski definition) is 4. The van der Waals surface area contributed by atoms with Crippen LogP contribution in [0.3, 0.4) is 0 Å². The largest absolute Gasteiger partial charge is 0.351 e. The summed E-state index contributed by atoms with van der Waals surface area (Å²) in [5.74, 6) is 0.531. The van der Waals surface area contributed by atoms with Crippen molar-refractivity contribution in [3.8, 4) is 10.4 Å². The fourth-order valence-corrected chi connectivity index (χ4v) is 3.19. The van der Waals surface area contributed by atoms with Crippen LogP contribution >= 0.6 is 22.9 Å². The maximum absolute atomic E-state index is 6.23. The maximum atomic E-state index is 6.23. The van der Waals surface area contributed by atoms with Gasteiger partial charge >= 0.3 is 0 Å². The summed E-state index contributed by atoms with van der Waals surface area (Å²) in [5, 5.41) is 4.42. The molecule has 0 amide bonds. The molecule has 0 fully saturated rings. The highest BCUT2D eigenvalue weighted by Crippen LogP contribution is 2.35. The summed E-state index contributed by atoms with van der Waals surface area (Å²) in [4.78, 5) is 10.8. The van der Waals surface area contributed by atoms with E-state index in [2.05, 4.69) is 34.0 Å². The van der Waals surface area contributed by atoms with E-state index < -0.39 is 0 Å². The van der Waals surface area contributed by atoms with Crippen molar-refractivity contribution in [1.29, 1.82) is 0 Å². The summed E-state index contributed by atoms with van der Waals surface area (Å²) < 4.78 is 0. The van der Waals surface area contributed by atoms with E-state index in [1.54, 1.807) is 17.4 Å². The number of nitrogens with zero attached hydrogens (tertiary/aromatic N) is 2. The van der Waals surface area contributed by atoms with Crippen LogP contribution in [-0.4, -0.2) is 16.5 Å². The minimum Gasteiger partial charge on any atom is -0.351 e. The van der Waals surface area contributed by atoms with Crippen LogP contribution in [-0.2, 0) is 0 Å². The number of halogens is 1. The molecule has 0 unspecified atom stereocenters. The number of anilines is 1. The van der Waals surface area contributed by atoms with Gasteiger partial charge in [0.25, 0.3) is 0 Å². The van der Waals surface area contributed by atoms with Crippen molar-refractivity contribution in [3.63, 3.8) is 0 Å². The summed E-state index contributed by atoms with van der Waals surface area (Å²) in [6.07, 6.45) is 1.76. The molecule has 1 N–H and O–H groups in total. The Morgan fingerprint density at radius 1 is 1.25 bits per heavy atom. The van der Waals surface area contributed by atoms with Gasteiger partial charge in [0, 0.05) is 16.8 Å². The summed E-state index contributed by atoms with van der Waals surface area (Å²) in [7, 11) is 0. The van der Waals surface area contributed by atoms with Crippen molar-refractivity contribution in [1.82, 2.24) is 9.97 Å². The third kappa shape index (κ3) is 2.53.